The molecule has 1 radical (unpaired) electrons. The first-order valence-electron chi connectivity index (χ1n) is 2.92. The number of hydrogen-bond acceptors (Lipinski definition) is 2. The Morgan fingerprint density at radius 1 is 1.27 bits per heavy atom. The Morgan fingerprint density at radius 3 is 2.45 bits per heavy atom. The zero-order valence-electron chi connectivity index (χ0n) is 5.57. The van der Waals surface area contributed by atoms with Crippen molar-refractivity contribution in [3.8, 4) is 6.07 Å². The van der Waals surface area contributed by atoms with Gasteiger partial charge in [-0.05, 0) is 6.07 Å². The van der Waals surface area contributed by atoms with E-state index < -0.39 is 0 Å². The van der Waals surface area contributed by atoms with Crippen molar-refractivity contribution in [2.75, 3.05) is 0 Å². The largest absolute Gasteiger partial charge is 0.212 e. The van der Waals surface area contributed by atoms with Crippen LogP contribution in [0.5, 0.6) is 0 Å². The number of hydrogen-bond donors (Lipinski definition) is 0. The van der Waals surface area contributed by atoms with E-state index in [1.165, 1.54) is 0 Å². The van der Waals surface area contributed by atoms with Gasteiger partial charge in [-0.3, -0.25) is 0 Å². The molecule has 0 bridgehead atoms. The highest BCUT2D eigenvalue weighted by Crippen LogP contribution is 2.02. The summed E-state index contributed by atoms with van der Waals surface area (Å²) < 4.78 is 10.1. The molecule has 1 aromatic rings. The van der Waals surface area contributed by atoms with Crippen molar-refractivity contribution in [3.63, 3.8) is 0 Å². The lowest BCUT2D eigenvalue weighted by molar-refractivity contribution is 0.701. The molecular formula is C8H4NOS. The van der Waals surface area contributed by atoms with Gasteiger partial charge >= 0.3 is 0 Å². The van der Waals surface area contributed by atoms with Gasteiger partial charge in [-0.15, -0.1) is 0 Å². The van der Waals surface area contributed by atoms with Gasteiger partial charge in [0.1, 0.15) is 0 Å². The molecule has 53 valence electrons. The van der Waals surface area contributed by atoms with Crippen LogP contribution in [0.25, 0.3) is 0 Å². The maximum Gasteiger partial charge on any atom is 0.0998 e. The lowest BCUT2D eigenvalue weighted by atomic mass is 10.1. The first-order valence-corrected chi connectivity index (χ1v) is 3.66. The second-order valence-corrected chi connectivity index (χ2v) is 2.21. The zero-order valence-corrected chi connectivity index (χ0v) is 6.39. The summed E-state index contributed by atoms with van der Waals surface area (Å²) in [7, 11) is 0. The van der Waals surface area contributed by atoms with Crippen molar-refractivity contribution in [2.24, 2.45) is 0 Å². The van der Waals surface area contributed by atoms with E-state index in [2.05, 4.69) is 5.37 Å². The maximum absolute atomic E-state index is 10.1. The van der Waals surface area contributed by atoms with Gasteiger partial charge in [-0.1, -0.05) is 18.2 Å². The van der Waals surface area contributed by atoms with E-state index in [9.17, 15) is 4.21 Å². The van der Waals surface area contributed by atoms with Crippen molar-refractivity contribution in [3.05, 3.63) is 35.4 Å². The van der Waals surface area contributed by atoms with Gasteiger partial charge in [0, 0.05) is 5.56 Å². The Balaban J connectivity index is 3.25. The molecule has 0 aromatic heterocycles. The lowest BCUT2D eigenvalue weighted by Crippen LogP contribution is -1.85. The van der Waals surface area contributed by atoms with Gasteiger partial charge in [-0.2, -0.15) is 5.26 Å². The monoisotopic (exact) mass is 162 g/mol. The number of benzene rings is 1. The second kappa shape index (κ2) is 3.69. The number of nitriles is 1. The SMILES string of the molecule is N#Cc1ccccc1[C]=S=O. The number of nitrogens with zero attached hydrogens (tertiary/aromatic N) is 1. The first kappa shape index (κ1) is 7.70. The summed E-state index contributed by atoms with van der Waals surface area (Å²) in [5, 5.41) is 11.0. The van der Waals surface area contributed by atoms with Crippen LogP contribution in [0.15, 0.2) is 24.3 Å². The quantitative estimate of drug-likeness (QED) is 0.573. The van der Waals surface area contributed by atoms with E-state index in [0.717, 1.165) is 0 Å². The highest BCUT2D eigenvalue weighted by Gasteiger charge is 1.95. The van der Waals surface area contributed by atoms with Gasteiger partial charge in [0.25, 0.3) is 0 Å². The predicted octanol–water partition coefficient (Wildman–Crippen LogP) is 0.799. The van der Waals surface area contributed by atoms with Gasteiger partial charge < -0.3 is 0 Å². The van der Waals surface area contributed by atoms with Crippen LogP contribution in [0.2, 0.25) is 0 Å². The lowest BCUT2D eigenvalue weighted by Gasteiger charge is -1.90. The van der Waals surface area contributed by atoms with Crippen LogP contribution in [0.4, 0.5) is 0 Å². The summed E-state index contributed by atoms with van der Waals surface area (Å²) in [4.78, 5) is 0. The van der Waals surface area contributed by atoms with Gasteiger partial charge in [0.2, 0.25) is 0 Å². The average molecular weight is 162 g/mol. The van der Waals surface area contributed by atoms with Gasteiger partial charge in [-0.25, -0.2) is 4.21 Å². The fourth-order valence-electron chi connectivity index (χ4n) is 0.715. The molecule has 0 amide bonds. The highest BCUT2D eigenvalue weighted by molar-refractivity contribution is 7.65. The predicted molar refractivity (Wildman–Crippen MR) is 43.4 cm³/mol. The van der Waals surface area contributed by atoms with Crippen molar-refractivity contribution in [2.45, 2.75) is 0 Å². The summed E-state index contributed by atoms with van der Waals surface area (Å²) in [6, 6.07) is 8.81. The van der Waals surface area contributed by atoms with Crippen molar-refractivity contribution >= 4 is 16.6 Å². The Kier molecular flexibility index (Phi) is 2.59. The normalized spacial score (nSPS) is 8.27. The molecule has 2 nitrogen and oxygen atoms in total. The first-order chi connectivity index (χ1) is 5.38. The van der Waals surface area contributed by atoms with E-state index in [4.69, 9.17) is 5.26 Å². The molecule has 1 aromatic carbocycles. The minimum atomic E-state index is 0.233. The molecule has 0 aliphatic rings. The third-order valence-corrected chi connectivity index (χ3v) is 1.50. The van der Waals surface area contributed by atoms with Crippen LogP contribution in [0.3, 0.4) is 0 Å². The molecule has 3 heteroatoms. The third kappa shape index (κ3) is 1.76. The Bertz CT molecular complexity index is 347. The smallest absolute Gasteiger partial charge is 0.0998 e. The van der Waals surface area contributed by atoms with Crippen molar-refractivity contribution < 1.29 is 4.21 Å². The van der Waals surface area contributed by atoms with Crippen LogP contribution >= 0.6 is 0 Å². The molecule has 0 atom stereocenters. The molecule has 0 saturated heterocycles. The molecule has 0 N–H and O–H groups in total. The number of rotatable bonds is 1. The van der Waals surface area contributed by atoms with Crippen LogP contribution in [-0.4, -0.2) is 9.58 Å². The van der Waals surface area contributed by atoms with E-state index in [-0.39, 0.29) is 11.3 Å². The molecule has 0 heterocycles. The van der Waals surface area contributed by atoms with Crippen LogP contribution in [0, 0.1) is 11.3 Å². The molecule has 0 aliphatic heterocycles. The molecular weight excluding hydrogens is 158 g/mol. The summed E-state index contributed by atoms with van der Waals surface area (Å²) in [5.74, 6) is 0. The molecule has 0 saturated carbocycles. The maximum atomic E-state index is 10.1. The Labute approximate surface area is 68.2 Å². The summed E-state index contributed by atoms with van der Waals surface area (Å²) >= 11 is 0.233. The van der Waals surface area contributed by atoms with Crippen LogP contribution < -0.4 is 0 Å². The minimum absolute atomic E-state index is 0.233. The fourth-order valence-corrected chi connectivity index (χ4v) is 0.982. The third-order valence-electron chi connectivity index (χ3n) is 1.20. The van der Waals surface area contributed by atoms with Crippen molar-refractivity contribution in [1.82, 2.24) is 0 Å². The summed E-state index contributed by atoms with van der Waals surface area (Å²) in [6.45, 7) is 0. The van der Waals surface area contributed by atoms with E-state index in [1.54, 1.807) is 24.3 Å². The topological polar surface area (TPSA) is 40.9 Å². The van der Waals surface area contributed by atoms with E-state index in [1.807, 2.05) is 6.07 Å². The molecule has 0 aliphatic carbocycles. The molecule has 0 unspecified atom stereocenters. The molecule has 11 heavy (non-hydrogen) atoms. The van der Waals surface area contributed by atoms with E-state index >= 15 is 0 Å². The van der Waals surface area contributed by atoms with E-state index in [0.29, 0.717) is 11.1 Å². The van der Waals surface area contributed by atoms with Crippen LogP contribution in [0.1, 0.15) is 11.1 Å². The molecule has 0 spiro atoms. The second-order valence-electron chi connectivity index (χ2n) is 1.84. The van der Waals surface area contributed by atoms with Crippen LogP contribution in [-0.2, 0) is 11.3 Å². The zero-order chi connectivity index (χ0) is 8.10. The standard InChI is InChI=1S/C8H4NOS/c9-5-7-3-1-2-4-8(7)6-11-10/h1-4H. The fraction of sp³-hybridized carbons (Fsp3) is 0. The van der Waals surface area contributed by atoms with Crippen molar-refractivity contribution in [1.29, 1.82) is 5.26 Å². The summed E-state index contributed by atoms with van der Waals surface area (Å²) in [6.07, 6.45) is 0. The minimum Gasteiger partial charge on any atom is -0.212 e. The Hall–Kier alpha value is -1.40. The Morgan fingerprint density at radius 2 is 1.91 bits per heavy atom. The molecule has 0 fully saturated rings. The molecule has 1 rings (SSSR count). The average Bonchev–Trinajstić information content (AvgIpc) is 2.06. The van der Waals surface area contributed by atoms with Gasteiger partial charge in [0.15, 0.2) is 0 Å². The highest BCUT2D eigenvalue weighted by atomic mass is 32.1. The summed E-state index contributed by atoms with van der Waals surface area (Å²) in [5.41, 5.74) is 1.05. The van der Waals surface area contributed by atoms with Gasteiger partial charge in [0.05, 0.1) is 28.3 Å².